The molecule has 9 heteroatoms. The van der Waals surface area contributed by atoms with Gasteiger partial charge in [0, 0.05) is 26.6 Å². The topological polar surface area (TPSA) is 92.0 Å². The average molecular weight is 287 g/mol. The third-order valence-electron chi connectivity index (χ3n) is 2.82. The fraction of sp³-hybridized carbons (Fsp3) is 0.727. The average Bonchev–Trinajstić information content (AvgIpc) is 2.64. The molecule has 1 fully saturated rings. The van der Waals surface area contributed by atoms with E-state index in [4.69, 9.17) is 5.73 Å². The number of anilines is 3. The van der Waals surface area contributed by atoms with Crippen LogP contribution in [-0.2, 0) is 0 Å². The molecular formula is C11H19F2N7. The molecule has 1 saturated heterocycles. The minimum atomic E-state index is -2.84. The predicted molar refractivity (Wildman–Crippen MR) is 73.0 cm³/mol. The maximum absolute atomic E-state index is 12.8. The molecule has 0 unspecified atom stereocenters. The molecule has 1 aromatic rings. The molecule has 0 spiro atoms. The second-order valence-corrected chi connectivity index (χ2v) is 4.83. The molecule has 112 valence electrons. The van der Waals surface area contributed by atoms with Gasteiger partial charge in [-0.05, 0) is 13.0 Å². The molecule has 1 aliphatic heterocycles. The van der Waals surface area contributed by atoms with Gasteiger partial charge in [-0.25, -0.2) is 8.78 Å². The molecule has 2 rings (SSSR count). The summed E-state index contributed by atoms with van der Waals surface area (Å²) in [6, 6.07) is 0. The maximum atomic E-state index is 12.8. The van der Waals surface area contributed by atoms with Crippen LogP contribution in [0, 0.1) is 0 Å². The van der Waals surface area contributed by atoms with Crippen molar-refractivity contribution in [3.8, 4) is 0 Å². The second-order valence-electron chi connectivity index (χ2n) is 4.83. The SMILES string of the molecule is CC(F)(F)CNc1nc(N)nc(N2CCCNCC2)n1. The summed E-state index contributed by atoms with van der Waals surface area (Å²) in [4.78, 5) is 14.0. The number of nitrogens with zero attached hydrogens (tertiary/aromatic N) is 4. The van der Waals surface area contributed by atoms with Gasteiger partial charge in [-0.3, -0.25) is 0 Å². The van der Waals surface area contributed by atoms with Gasteiger partial charge in [-0.2, -0.15) is 15.0 Å². The number of nitrogens with two attached hydrogens (primary N) is 1. The normalized spacial score (nSPS) is 16.9. The lowest BCUT2D eigenvalue weighted by atomic mass is 10.4. The van der Waals surface area contributed by atoms with Crippen molar-refractivity contribution < 1.29 is 8.78 Å². The van der Waals surface area contributed by atoms with Gasteiger partial charge in [0.15, 0.2) is 0 Å². The maximum Gasteiger partial charge on any atom is 0.262 e. The van der Waals surface area contributed by atoms with Crippen molar-refractivity contribution in [2.45, 2.75) is 19.3 Å². The zero-order valence-corrected chi connectivity index (χ0v) is 11.4. The summed E-state index contributed by atoms with van der Waals surface area (Å²) in [7, 11) is 0. The van der Waals surface area contributed by atoms with Crippen LogP contribution < -0.4 is 21.3 Å². The van der Waals surface area contributed by atoms with E-state index in [1.807, 2.05) is 4.90 Å². The van der Waals surface area contributed by atoms with Gasteiger partial charge in [0.1, 0.15) is 0 Å². The summed E-state index contributed by atoms with van der Waals surface area (Å²) in [5.41, 5.74) is 5.61. The van der Waals surface area contributed by atoms with Crippen LogP contribution in [-0.4, -0.2) is 53.6 Å². The minimum Gasteiger partial charge on any atom is -0.368 e. The van der Waals surface area contributed by atoms with Crippen molar-refractivity contribution >= 4 is 17.8 Å². The van der Waals surface area contributed by atoms with Gasteiger partial charge in [-0.15, -0.1) is 0 Å². The molecule has 1 aromatic heterocycles. The molecular weight excluding hydrogens is 268 g/mol. The quantitative estimate of drug-likeness (QED) is 0.734. The molecule has 0 amide bonds. The lowest BCUT2D eigenvalue weighted by Crippen LogP contribution is -2.30. The number of hydrogen-bond acceptors (Lipinski definition) is 7. The number of aromatic nitrogens is 3. The molecule has 0 aliphatic carbocycles. The number of halogens is 2. The zero-order chi connectivity index (χ0) is 14.6. The van der Waals surface area contributed by atoms with Gasteiger partial charge < -0.3 is 21.3 Å². The van der Waals surface area contributed by atoms with E-state index in [1.54, 1.807) is 0 Å². The second kappa shape index (κ2) is 6.12. The van der Waals surface area contributed by atoms with Crippen LogP contribution in [0.5, 0.6) is 0 Å². The highest BCUT2D eigenvalue weighted by molar-refractivity contribution is 5.42. The number of hydrogen-bond donors (Lipinski definition) is 3. The number of alkyl halides is 2. The van der Waals surface area contributed by atoms with Gasteiger partial charge in [0.2, 0.25) is 17.8 Å². The van der Waals surface area contributed by atoms with Crippen molar-refractivity contribution in [3.63, 3.8) is 0 Å². The summed E-state index contributed by atoms with van der Waals surface area (Å²) < 4.78 is 25.7. The third-order valence-corrected chi connectivity index (χ3v) is 2.82. The summed E-state index contributed by atoms with van der Waals surface area (Å²) in [6.07, 6.45) is 0.960. The minimum absolute atomic E-state index is 0.0223. The van der Waals surface area contributed by atoms with Crippen LogP contribution in [0.4, 0.5) is 26.6 Å². The van der Waals surface area contributed by atoms with E-state index in [9.17, 15) is 8.78 Å². The first kappa shape index (κ1) is 14.6. The van der Waals surface area contributed by atoms with Crippen LogP contribution in [0.1, 0.15) is 13.3 Å². The van der Waals surface area contributed by atoms with Crippen molar-refractivity contribution in [2.75, 3.05) is 48.7 Å². The van der Waals surface area contributed by atoms with Crippen LogP contribution in [0.25, 0.3) is 0 Å². The molecule has 1 aliphatic rings. The Hall–Kier alpha value is -1.77. The Bertz CT molecular complexity index is 441. The Morgan fingerprint density at radius 2 is 2.10 bits per heavy atom. The van der Waals surface area contributed by atoms with Crippen LogP contribution >= 0.6 is 0 Å². The van der Waals surface area contributed by atoms with Crippen molar-refractivity contribution in [3.05, 3.63) is 0 Å². The first-order valence-electron chi connectivity index (χ1n) is 6.53. The van der Waals surface area contributed by atoms with E-state index in [2.05, 4.69) is 25.6 Å². The molecule has 2 heterocycles. The molecule has 7 nitrogen and oxygen atoms in total. The first-order valence-corrected chi connectivity index (χ1v) is 6.53. The smallest absolute Gasteiger partial charge is 0.262 e. The largest absolute Gasteiger partial charge is 0.368 e. The number of nitrogens with one attached hydrogen (secondary N) is 2. The Balaban J connectivity index is 2.11. The highest BCUT2D eigenvalue weighted by atomic mass is 19.3. The standard InChI is InChI=1S/C11H19F2N7/c1-11(12,13)7-16-9-17-8(14)18-10(19-9)20-5-2-3-15-4-6-20/h15H,2-7H2,1H3,(H3,14,16,17,18,19). The zero-order valence-electron chi connectivity index (χ0n) is 11.4. The van der Waals surface area contributed by atoms with E-state index in [-0.39, 0.29) is 11.9 Å². The molecule has 0 saturated carbocycles. The lowest BCUT2D eigenvalue weighted by molar-refractivity contribution is 0.0366. The molecule has 4 N–H and O–H groups in total. The summed E-state index contributed by atoms with van der Waals surface area (Å²) >= 11 is 0. The molecule has 0 radical (unpaired) electrons. The molecule has 0 atom stereocenters. The van der Waals surface area contributed by atoms with Crippen LogP contribution in [0.15, 0.2) is 0 Å². The summed E-state index contributed by atoms with van der Waals surface area (Å²) in [6.45, 7) is 3.57. The predicted octanol–water partition coefficient (Wildman–Crippen LogP) is 0.321. The van der Waals surface area contributed by atoms with Gasteiger partial charge in [-0.1, -0.05) is 0 Å². The summed E-state index contributed by atoms with van der Waals surface area (Å²) in [5.74, 6) is -2.32. The van der Waals surface area contributed by atoms with Gasteiger partial charge >= 0.3 is 0 Å². The van der Waals surface area contributed by atoms with Crippen molar-refractivity contribution in [1.29, 1.82) is 0 Å². The lowest BCUT2D eigenvalue weighted by Gasteiger charge is -2.20. The molecule has 20 heavy (non-hydrogen) atoms. The van der Waals surface area contributed by atoms with E-state index in [0.29, 0.717) is 5.95 Å². The van der Waals surface area contributed by atoms with Gasteiger partial charge in [0.05, 0.1) is 6.54 Å². The Morgan fingerprint density at radius 1 is 1.30 bits per heavy atom. The highest BCUT2D eigenvalue weighted by Crippen LogP contribution is 2.15. The van der Waals surface area contributed by atoms with Crippen molar-refractivity contribution in [1.82, 2.24) is 20.3 Å². The first-order chi connectivity index (χ1) is 9.44. The monoisotopic (exact) mass is 287 g/mol. The van der Waals surface area contributed by atoms with Crippen molar-refractivity contribution in [2.24, 2.45) is 0 Å². The fourth-order valence-corrected chi connectivity index (χ4v) is 1.88. The Labute approximate surface area is 116 Å². The number of nitrogen functional groups attached to an aromatic ring is 1. The van der Waals surface area contributed by atoms with E-state index >= 15 is 0 Å². The summed E-state index contributed by atoms with van der Waals surface area (Å²) in [5, 5.41) is 5.75. The Kier molecular flexibility index (Phi) is 4.48. The Morgan fingerprint density at radius 3 is 2.85 bits per heavy atom. The molecule has 0 aromatic carbocycles. The number of rotatable bonds is 4. The van der Waals surface area contributed by atoms with Crippen LogP contribution in [0.3, 0.4) is 0 Å². The molecule has 0 bridgehead atoms. The van der Waals surface area contributed by atoms with E-state index in [0.717, 1.165) is 39.5 Å². The highest BCUT2D eigenvalue weighted by Gasteiger charge is 2.21. The van der Waals surface area contributed by atoms with Gasteiger partial charge in [0.25, 0.3) is 5.92 Å². The van der Waals surface area contributed by atoms with E-state index in [1.165, 1.54) is 0 Å². The van der Waals surface area contributed by atoms with Crippen LogP contribution in [0.2, 0.25) is 0 Å². The van der Waals surface area contributed by atoms with E-state index < -0.39 is 12.5 Å². The third kappa shape index (κ3) is 4.41. The fourth-order valence-electron chi connectivity index (χ4n) is 1.88.